The van der Waals surface area contributed by atoms with E-state index >= 15 is 0 Å². The van der Waals surface area contributed by atoms with Crippen LogP contribution in [-0.2, 0) is 30.5 Å². The molecule has 2 atom stereocenters. The molecule has 0 radical (unpaired) electrons. The fraction of sp³-hybridized carbons (Fsp3) is 0.333. The number of halogens is 3. The van der Waals surface area contributed by atoms with Gasteiger partial charge in [-0.25, -0.2) is 8.42 Å². The van der Waals surface area contributed by atoms with Crippen LogP contribution in [0.15, 0.2) is 78.7 Å². The monoisotopic (exact) mass is 581 g/mol. The van der Waals surface area contributed by atoms with Crippen LogP contribution in [0.2, 0.25) is 0 Å². The summed E-state index contributed by atoms with van der Waals surface area (Å²) in [7, 11) is -4.39. The minimum Gasteiger partial charge on any atom is -0.379 e. The maximum atomic E-state index is 13.5. The highest BCUT2D eigenvalue weighted by atomic mass is 32.2. The zero-order valence-electron chi connectivity index (χ0n) is 21.5. The van der Waals surface area contributed by atoms with E-state index in [0.717, 1.165) is 28.6 Å². The molecule has 1 saturated heterocycles. The normalized spacial score (nSPS) is 17.5. The summed E-state index contributed by atoms with van der Waals surface area (Å²) in [5.74, 6) is -0.998. The number of anilines is 1. The van der Waals surface area contributed by atoms with Crippen LogP contribution < -0.4 is 14.9 Å². The van der Waals surface area contributed by atoms with Crippen LogP contribution in [0.4, 0.5) is 18.9 Å². The lowest BCUT2D eigenvalue weighted by atomic mass is 10.0. The Bertz CT molecular complexity index is 1330. The van der Waals surface area contributed by atoms with Crippen molar-refractivity contribution in [3.63, 3.8) is 0 Å². The molecule has 0 spiro atoms. The predicted octanol–water partition coefficient (Wildman–Crippen LogP) is 3.29. The van der Waals surface area contributed by atoms with E-state index in [9.17, 15) is 31.2 Å². The van der Waals surface area contributed by atoms with E-state index in [1.165, 1.54) is 36.4 Å². The number of hydrogen-bond acceptors (Lipinski definition) is 6. The fourth-order valence-electron chi connectivity index (χ4n) is 4.01. The topological polar surface area (TPSA) is 114 Å². The molecule has 0 aromatic heterocycles. The number of hydrogen-bond donors (Lipinski definition) is 2. The number of alkyl halides is 3. The van der Waals surface area contributed by atoms with Gasteiger partial charge in [-0.2, -0.15) is 13.2 Å². The molecular weight excluding hydrogens is 551 g/mol. The maximum absolute atomic E-state index is 13.5. The zero-order valence-corrected chi connectivity index (χ0v) is 22.3. The molecule has 9 nitrogen and oxygen atoms in total. The summed E-state index contributed by atoms with van der Waals surface area (Å²) in [5, 5.41) is 5.56. The number of rotatable bonds is 12. The van der Waals surface area contributed by atoms with E-state index in [-0.39, 0.29) is 48.4 Å². The summed E-state index contributed by atoms with van der Waals surface area (Å²) in [6, 6.07) is 8.00. The Morgan fingerprint density at radius 3 is 2.52 bits per heavy atom. The van der Waals surface area contributed by atoms with Crippen LogP contribution in [0.1, 0.15) is 22.3 Å². The number of sulfonamides is 1. The van der Waals surface area contributed by atoms with Crippen LogP contribution in [0.3, 0.4) is 0 Å². The first-order chi connectivity index (χ1) is 19.0. The van der Waals surface area contributed by atoms with Gasteiger partial charge in [0.05, 0.1) is 48.0 Å². The van der Waals surface area contributed by atoms with Crippen molar-refractivity contribution in [2.45, 2.75) is 29.6 Å². The third-order valence-electron chi connectivity index (χ3n) is 5.93. The highest BCUT2D eigenvalue weighted by Gasteiger charge is 2.33. The van der Waals surface area contributed by atoms with E-state index < -0.39 is 39.8 Å². The smallest absolute Gasteiger partial charge is 0.379 e. The highest BCUT2D eigenvalue weighted by molar-refractivity contribution is 7.92. The van der Waals surface area contributed by atoms with E-state index in [1.807, 2.05) is 0 Å². The molecule has 1 aliphatic heterocycles. The number of benzene rings is 2. The quantitative estimate of drug-likeness (QED) is 0.294. The van der Waals surface area contributed by atoms with Gasteiger partial charge in [-0.05, 0) is 42.8 Å². The molecule has 2 aromatic carbocycles. The van der Waals surface area contributed by atoms with Crippen molar-refractivity contribution >= 4 is 27.5 Å². The molecule has 0 bridgehead atoms. The van der Waals surface area contributed by atoms with E-state index in [0.29, 0.717) is 13.0 Å². The van der Waals surface area contributed by atoms with E-state index in [4.69, 9.17) is 9.47 Å². The lowest BCUT2D eigenvalue weighted by molar-refractivity contribution is -0.137. The molecule has 1 aliphatic rings. The number of carbonyl (C=O) groups is 2. The van der Waals surface area contributed by atoms with Gasteiger partial charge < -0.3 is 20.1 Å². The average Bonchev–Trinajstić information content (AvgIpc) is 2.92. The van der Waals surface area contributed by atoms with E-state index in [1.54, 1.807) is 0 Å². The van der Waals surface area contributed by atoms with Gasteiger partial charge in [0.1, 0.15) is 6.61 Å². The average molecular weight is 582 g/mol. The first-order valence-corrected chi connectivity index (χ1v) is 13.7. The second-order valence-electron chi connectivity index (χ2n) is 8.82. The number of nitrogens with one attached hydrogen (secondary N) is 2. The molecule has 0 unspecified atom stereocenters. The van der Waals surface area contributed by atoms with Crippen LogP contribution >= 0.6 is 0 Å². The summed E-state index contributed by atoms with van der Waals surface area (Å²) in [5.41, 5.74) is -1.22. The van der Waals surface area contributed by atoms with Gasteiger partial charge in [0.15, 0.2) is 0 Å². The highest BCUT2D eigenvalue weighted by Crippen LogP contribution is 2.33. The summed E-state index contributed by atoms with van der Waals surface area (Å²) in [4.78, 5) is 25.0. The molecule has 2 amide bonds. The molecule has 2 N–H and O–H groups in total. The summed E-state index contributed by atoms with van der Waals surface area (Å²) < 4.78 is 78.2. The van der Waals surface area contributed by atoms with Crippen molar-refractivity contribution in [1.82, 2.24) is 10.6 Å². The van der Waals surface area contributed by atoms with Crippen LogP contribution in [0.25, 0.3) is 0 Å². The van der Waals surface area contributed by atoms with Crippen molar-refractivity contribution in [1.29, 1.82) is 0 Å². The number of nitrogens with zero attached hydrogens (tertiary/aromatic N) is 1. The van der Waals surface area contributed by atoms with Gasteiger partial charge in [-0.15, -0.1) is 13.2 Å². The Balaban J connectivity index is 1.81. The second-order valence-corrected chi connectivity index (χ2v) is 10.7. The van der Waals surface area contributed by atoms with Gasteiger partial charge >= 0.3 is 6.18 Å². The molecule has 0 saturated carbocycles. The van der Waals surface area contributed by atoms with Crippen molar-refractivity contribution in [3.05, 3.63) is 85.0 Å². The molecule has 1 heterocycles. The number of amides is 2. The summed E-state index contributed by atoms with van der Waals surface area (Å²) >= 11 is 0. The van der Waals surface area contributed by atoms with Crippen molar-refractivity contribution < 1.29 is 40.7 Å². The van der Waals surface area contributed by atoms with Crippen LogP contribution in [-0.4, -0.2) is 65.3 Å². The fourth-order valence-corrected chi connectivity index (χ4v) is 5.48. The predicted molar refractivity (Wildman–Crippen MR) is 142 cm³/mol. The number of ether oxygens (including phenoxy) is 2. The maximum Gasteiger partial charge on any atom is 0.416 e. The molecule has 3 rings (SSSR count). The molecular formula is C27H30F3N3O6S. The standard InChI is InChI=1S/C27H30F3N3O6S/c1-3-12-33(21-9-6-8-20(16-21)27(28,29)30)40(36,37)22-10-5-7-19(15-22)26(35)32-24-17-39-14-11-23(24)31-25(34)18-38-13-4-2/h3-10,15-16,23-24H,1-2,11-14,17-18H2,(H,31,34)(H,32,35)/t23-,24+/m0/s1. The minimum atomic E-state index is -4.67. The molecule has 13 heteroatoms. The van der Waals surface area contributed by atoms with Crippen molar-refractivity contribution in [3.8, 4) is 0 Å². The number of carbonyl (C=O) groups excluding carboxylic acids is 2. The van der Waals surface area contributed by atoms with Crippen LogP contribution in [0.5, 0.6) is 0 Å². The van der Waals surface area contributed by atoms with E-state index in [2.05, 4.69) is 23.8 Å². The third-order valence-corrected chi connectivity index (χ3v) is 7.72. The Labute approximate surface area is 230 Å². The minimum absolute atomic E-state index is 0.00589. The van der Waals surface area contributed by atoms with Crippen molar-refractivity contribution in [2.24, 2.45) is 0 Å². The molecule has 0 aliphatic carbocycles. The Hall–Kier alpha value is -3.68. The molecule has 1 fully saturated rings. The van der Waals surface area contributed by atoms with Crippen LogP contribution in [0, 0.1) is 0 Å². The first-order valence-electron chi connectivity index (χ1n) is 12.2. The Kier molecular flexibility index (Phi) is 10.5. The van der Waals surface area contributed by atoms with Crippen molar-refractivity contribution in [2.75, 3.05) is 37.3 Å². The van der Waals surface area contributed by atoms with Gasteiger partial charge in [0, 0.05) is 12.2 Å². The lowest BCUT2D eigenvalue weighted by Crippen LogP contribution is -2.57. The molecule has 40 heavy (non-hydrogen) atoms. The second kappa shape index (κ2) is 13.6. The summed E-state index contributed by atoms with van der Waals surface area (Å²) in [6.07, 6.45) is -1.49. The largest absolute Gasteiger partial charge is 0.416 e. The first kappa shape index (κ1) is 30.9. The Morgan fingerprint density at radius 1 is 1.07 bits per heavy atom. The molecule has 216 valence electrons. The SMILES string of the molecule is C=CCOCC(=O)N[C@H]1CCOC[C@H]1NC(=O)c1cccc(S(=O)(=O)N(CC=C)c2cccc(C(F)(F)F)c2)c1. The lowest BCUT2D eigenvalue weighted by Gasteiger charge is -2.32. The molecule has 2 aromatic rings. The van der Waals surface area contributed by atoms with Gasteiger partial charge in [0.2, 0.25) is 5.91 Å². The zero-order chi connectivity index (χ0) is 29.3. The van der Waals surface area contributed by atoms with Gasteiger partial charge in [-0.1, -0.05) is 24.3 Å². The Morgan fingerprint density at radius 2 is 1.82 bits per heavy atom. The van der Waals surface area contributed by atoms with Gasteiger partial charge in [-0.3, -0.25) is 13.9 Å². The summed E-state index contributed by atoms with van der Waals surface area (Å²) in [6.45, 7) is 7.22. The third kappa shape index (κ3) is 7.93. The van der Waals surface area contributed by atoms with Gasteiger partial charge in [0.25, 0.3) is 15.9 Å².